The Morgan fingerprint density at radius 3 is 2.73 bits per heavy atom. The van der Waals surface area contributed by atoms with Crippen molar-refractivity contribution in [3.8, 4) is 0 Å². The Labute approximate surface area is 177 Å². The van der Waals surface area contributed by atoms with Crippen LogP contribution in [0.4, 0.5) is 0 Å². The number of benzene rings is 1. The second-order valence-electron chi connectivity index (χ2n) is 7.20. The smallest absolute Gasteiger partial charge is 0.332 e. The van der Waals surface area contributed by atoms with E-state index < -0.39 is 11.2 Å². The molecule has 156 valence electrons. The molecule has 0 bridgehead atoms. The van der Waals surface area contributed by atoms with Crippen molar-refractivity contribution in [1.29, 1.82) is 0 Å². The normalized spacial score (nSPS) is 16.1. The Bertz CT molecular complexity index is 1180. The third kappa shape index (κ3) is 4.29. The molecule has 1 saturated heterocycles. The van der Waals surface area contributed by atoms with E-state index in [1.807, 2.05) is 0 Å². The van der Waals surface area contributed by atoms with Gasteiger partial charge in [0.15, 0.2) is 5.52 Å². The van der Waals surface area contributed by atoms with E-state index in [0.717, 1.165) is 23.0 Å². The molecule has 1 aliphatic heterocycles. The molecule has 9 heteroatoms. The predicted octanol–water partition coefficient (Wildman–Crippen LogP) is 1.56. The van der Waals surface area contributed by atoms with E-state index in [0.29, 0.717) is 23.7 Å². The van der Waals surface area contributed by atoms with Crippen LogP contribution in [0.5, 0.6) is 0 Å². The number of halogens is 1. The first kappa shape index (κ1) is 20.3. The zero-order valence-electron chi connectivity index (χ0n) is 16.2. The van der Waals surface area contributed by atoms with Crippen LogP contribution >= 0.6 is 11.6 Å². The predicted molar refractivity (Wildman–Crippen MR) is 113 cm³/mol. The Hall–Kier alpha value is -2.97. The minimum Gasteiger partial charge on any atom is -0.376 e. The molecule has 2 aromatic heterocycles. The highest BCUT2D eigenvalue weighted by atomic mass is 35.5. The van der Waals surface area contributed by atoms with Gasteiger partial charge in [-0.2, -0.15) is 0 Å². The number of carbonyl (C=O) groups is 1. The van der Waals surface area contributed by atoms with Gasteiger partial charge in [0.05, 0.1) is 18.2 Å². The zero-order valence-corrected chi connectivity index (χ0v) is 17.0. The van der Waals surface area contributed by atoms with Gasteiger partial charge in [0.1, 0.15) is 6.54 Å². The van der Waals surface area contributed by atoms with Crippen LogP contribution in [0.1, 0.15) is 18.4 Å². The number of nitrogens with zero attached hydrogens (tertiary/aromatic N) is 3. The van der Waals surface area contributed by atoms with Gasteiger partial charge >= 0.3 is 5.69 Å². The maximum absolute atomic E-state index is 13.1. The summed E-state index contributed by atoms with van der Waals surface area (Å²) in [6.07, 6.45) is 3.37. The van der Waals surface area contributed by atoms with Crippen LogP contribution in [-0.4, -0.2) is 39.3 Å². The quantitative estimate of drug-likeness (QED) is 0.642. The molecule has 30 heavy (non-hydrogen) atoms. The van der Waals surface area contributed by atoms with Gasteiger partial charge in [-0.05, 0) is 42.7 Å². The summed E-state index contributed by atoms with van der Waals surface area (Å²) >= 11 is 5.92. The van der Waals surface area contributed by atoms with Crippen molar-refractivity contribution in [2.24, 2.45) is 0 Å². The summed E-state index contributed by atoms with van der Waals surface area (Å²) in [5.74, 6) is -0.325. The lowest BCUT2D eigenvalue weighted by Crippen LogP contribution is -2.43. The van der Waals surface area contributed by atoms with E-state index in [2.05, 4.69) is 10.3 Å². The number of pyridine rings is 1. The van der Waals surface area contributed by atoms with Crippen molar-refractivity contribution in [2.75, 3.05) is 13.2 Å². The summed E-state index contributed by atoms with van der Waals surface area (Å²) in [6, 6.07) is 10.1. The summed E-state index contributed by atoms with van der Waals surface area (Å²) in [7, 11) is 0. The van der Waals surface area contributed by atoms with Crippen molar-refractivity contribution >= 4 is 28.5 Å². The number of hydrogen-bond acceptors (Lipinski definition) is 5. The molecule has 1 fully saturated rings. The minimum atomic E-state index is -0.567. The van der Waals surface area contributed by atoms with Crippen molar-refractivity contribution in [1.82, 2.24) is 19.4 Å². The molecule has 0 radical (unpaired) electrons. The first-order valence-electron chi connectivity index (χ1n) is 9.74. The highest BCUT2D eigenvalue weighted by Crippen LogP contribution is 2.12. The molecule has 0 saturated carbocycles. The fourth-order valence-corrected chi connectivity index (χ4v) is 3.67. The van der Waals surface area contributed by atoms with Crippen LogP contribution in [0.3, 0.4) is 0 Å². The fraction of sp³-hybridized carbons (Fsp3) is 0.333. The van der Waals surface area contributed by atoms with Crippen LogP contribution in [0, 0.1) is 0 Å². The number of amides is 1. The van der Waals surface area contributed by atoms with E-state index in [9.17, 15) is 14.4 Å². The van der Waals surface area contributed by atoms with Gasteiger partial charge in [0, 0.05) is 24.4 Å². The average Bonchev–Trinajstić information content (AvgIpc) is 3.28. The van der Waals surface area contributed by atoms with Crippen molar-refractivity contribution in [2.45, 2.75) is 32.0 Å². The monoisotopic (exact) mass is 428 g/mol. The topological polar surface area (TPSA) is 95.2 Å². The maximum atomic E-state index is 13.1. The number of aromatic nitrogens is 3. The molecule has 3 aromatic rings. The number of fused-ring (bicyclic) bond motifs is 1. The zero-order chi connectivity index (χ0) is 21.1. The standard InChI is InChI=1S/C21H21ClN4O4/c22-15-7-5-14(6-8-15)12-26-20(28)19-17(4-1-9-23-19)25(21(26)29)13-18(27)24-11-16-3-2-10-30-16/h1,4-9,16H,2-3,10-13H2,(H,24,27). The molecule has 0 aliphatic carbocycles. The summed E-state index contributed by atoms with van der Waals surface area (Å²) in [4.78, 5) is 42.7. The van der Waals surface area contributed by atoms with Crippen LogP contribution in [-0.2, 0) is 22.6 Å². The SMILES string of the molecule is O=C(Cn1c(=O)n(Cc2ccc(Cl)cc2)c(=O)c2ncccc21)NCC1CCCO1. The molecule has 1 amide bonds. The van der Waals surface area contributed by atoms with Crippen LogP contribution in [0.25, 0.3) is 11.0 Å². The summed E-state index contributed by atoms with van der Waals surface area (Å²) in [5, 5.41) is 3.37. The molecule has 3 heterocycles. The number of nitrogens with one attached hydrogen (secondary N) is 1. The number of ether oxygens (including phenoxy) is 1. The third-order valence-electron chi connectivity index (χ3n) is 5.09. The van der Waals surface area contributed by atoms with Gasteiger partial charge in [-0.1, -0.05) is 23.7 Å². The molecular weight excluding hydrogens is 408 g/mol. The highest BCUT2D eigenvalue weighted by Gasteiger charge is 2.19. The third-order valence-corrected chi connectivity index (χ3v) is 5.35. The number of rotatable bonds is 6. The van der Waals surface area contributed by atoms with E-state index in [4.69, 9.17) is 16.3 Å². The second-order valence-corrected chi connectivity index (χ2v) is 7.63. The van der Waals surface area contributed by atoms with E-state index in [-0.39, 0.29) is 30.6 Å². The van der Waals surface area contributed by atoms with Crippen molar-refractivity contribution in [3.63, 3.8) is 0 Å². The Morgan fingerprint density at radius 2 is 2.00 bits per heavy atom. The average molecular weight is 429 g/mol. The molecule has 0 spiro atoms. The van der Waals surface area contributed by atoms with Crippen LogP contribution in [0.15, 0.2) is 52.2 Å². The van der Waals surface area contributed by atoms with Gasteiger partial charge in [0.25, 0.3) is 5.56 Å². The van der Waals surface area contributed by atoms with Crippen LogP contribution in [0.2, 0.25) is 5.02 Å². The van der Waals surface area contributed by atoms with E-state index in [1.165, 1.54) is 10.8 Å². The summed E-state index contributed by atoms with van der Waals surface area (Å²) in [6.45, 7) is 0.938. The van der Waals surface area contributed by atoms with Crippen molar-refractivity contribution in [3.05, 3.63) is 74.0 Å². The highest BCUT2D eigenvalue weighted by molar-refractivity contribution is 6.30. The maximum Gasteiger partial charge on any atom is 0.332 e. The lowest BCUT2D eigenvalue weighted by atomic mass is 10.2. The molecule has 4 rings (SSSR count). The van der Waals surface area contributed by atoms with Gasteiger partial charge in [0.2, 0.25) is 5.91 Å². The molecule has 1 atom stereocenters. The first-order chi connectivity index (χ1) is 14.5. The van der Waals surface area contributed by atoms with Gasteiger partial charge in [-0.25, -0.2) is 9.78 Å². The summed E-state index contributed by atoms with van der Waals surface area (Å²) in [5.41, 5.74) is 0.137. The Morgan fingerprint density at radius 1 is 1.20 bits per heavy atom. The largest absolute Gasteiger partial charge is 0.376 e. The molecule has 8 nitrogen and oxygen atoms in total. The lowest BCUT2D eigenvalue weighted by molar-refractivity contribution is -0.122. The van der Waals surface area contributed by atoms with Gasteiger partial charge in [-0.15, -0.1) is 0 Å². The fourth-order valence-electron chi connectivity index (χ4n) is 3.54. The van der Waals surface area contributed by atoms with E-state index in [1.54, 1.807) is 36.4 Å². The van der Waals surface area contributed by atoms with Crippen LogP contribution < -0.4 is 16.6 Å². The van der Waals surface area contributed by atoms with Gasteiger partial charge < -0.3 is 10.1 Å². The number of hydrogen-bond donors (Lipinski definition) is 1. The first-order valence-corrected chi connectivity index (χ1v) is 10.1. The molecule has 1 unspecified atom stereocenters. The summed E-state index contributed by atoms with van der Waals surface area (Å²) < 4.78 is 7.88. The molecule has 1 aromatic carbocycles. The minimum absolute atomic E-state index is 0.00272. The molecular formula is C21H21ClN4O4. The Balaban J connectivity index is 1.67. The van der Waals surface area contributed by atoms with E-state index >= 15 is 0 Å². The second kappa shape index (κ2) is 8.81. The van der Waals surface area contributed by atoms with Crippen molar-refractivity contribution < 1.29 is 9.53 Å². The molecule has 1 N–H and O–H groups in total. The molecule has 1 aliphatic rings. The Kier molecular flexibility index (Phi) is 5.96. The van der Waals surface area contributed by atoms with Gasteiger partial charge in [-0.3, -0.25) is 18.7 Å². The number of carbonyl (C=O) groups excluding carboxylic acids is 1. The lowest BCUT2D eigenvalue weighted by Gasteiger charge is -2.15.